The van der Waals surface area contributed by atoms with E-state index < -0.39 is 10.7 Å². The van der Waals surface area contributed by atoms with E-state index in [4.69, 9.17) is 10.7 Å². The molecule has 0 radical (unpaired) electrons. The molecule has 0 unspecified atom stereocenters. The molecule has 1 saturated carbocycles. The van der Waals surface area contributed by atoms with Gasteiger partial charge in [0.2, 0.25) is 0 Å². The van der Waals surface area contributed by atoms with E-state index in [1.165, 1.54) is 11.8 Å². The van der Waals surface area contributed by atoms with Crippen LogP contribution in [-0.4, -0.2) is 46.5 Å². The Morgan fingerprint density at radius 1 is 1.21 bits per heavy atom. The Morgan fingerprint density at radius 3 is 2.61 bits per heavy atom. The zero-order chi connectivity index (χ0) is 23.2. The van der Waals surface area contributed by atoms with Gasteiger partial charge in [-0.2, -0.15) is 14.7 Å². The summed E-state index contributed by atoms with van der Waals surface area (Å²) in [6, 6.07) is 9.90. The molecular weight excluding hydrogens is 504 g/mol. The second-order valence-electron chi connectivity index (χ2n) is 8.28. The predicted octanol–water partition coefficient (Wildman–Crippen LogP) is 4.77. The van der Waals surface area contributed by atoms with E-state index in [-0.39, 0.29) is 5.92 Å². The fourth-order valence-electron chi connectivity index (χ4n) is 4.53. The Kier molecular flexibility index (Phi) is 5.65. The van der Waals surface area contributed by atoms with Crippen LogP contribution < -0.4 is 5.73 Å². The van der Waals surface area contributed by atoms with Gasteiger partial charge in [0.05, 0.1) is 28.2 Å². The van der Waals surface area contributed by atoms with Gasteiger partial charge in [0.1, 0.15) is 10.6 Å². The summed E-state index contributed by atoms with van der Waals surface area (Å²) in [5, 5.41) is 18.7. The Hall–Kier alpha value is -2.85. The summed E-state index contributed by atoms with van der Waals surface area (Å²) < 4.78 is 3.46. The summed E-state index contributed by atoms with van der Waals surface area (Å²) in [4.78, 5) is 16.8. The lowest BCUT2D eigenvalue weighted by atomic mass is 9.79. The van der Waals surface area contributed by atoms with Crippen LogP contribution in [0, 0.1) is 0 Å². The van der Waals surface area contributed by atoms with Gasteiger partial charge in [-0.25, -0.2) is 9.67 Å². The van der Waals surface area contributed by atoms with Crippen LogP contribution in [0.4, 0.5) is 5.82 Å². The molecule has 1 aliphatic carbocycles. The van der Waals surface area contributed by atoms with Crippen molar-refractivity contribution in [2.24, 2.45) is 0 Å². The number of nitrogen functional groups attached to an aromatic ring is 1. The highest BCUT2D eigenvalue weighted by Gasteiger charge is 2.42. The molecule has 170 valence electrons. The molecule has 3 heterocycles. The molecule has 8 nitrogen and oxygen atoms in total. The minimum absolute atomic E-state index is 0.126. The van der Waals surface area contributed by atoms with Crippen LogP contribution in [0.1, 0.15) is 37.3 Å². The van der Waals surface area contributed by atoms with Crippen LogP contribution in [0.15, 0.2) is 53.4 Å². The van der Waals surface area contributed by atoms with Gasteiger partial charge in [0.15, 0.2) is 5.65 Å². The van der Waals surface area contributed by atoms with Gasteiger partial charge in [-0.1, -0.05) is 18.2 Å². The molecule has 0 spiro atoms. The van der Waals surface area contributed by atoms with Gasteiger partial charge in [0, 0.05) is 23.2 Å². The zero-order valence-corrected chi connectivity index (χ0v) is 20.4. The molecule has 0 saturated heterocycles. The quantitative estimate of drug-likeness (QED) is 0.385. The average Bonchev–Trinajstić information content (AvgIpc) is 3.49. The van der Waals surface area contributed by atoms with Crippen LogP contribution in [0.2, 0.25) is 0 Å². The first-order chi connectivity index (χ1) is 15.9. The van der Waals surface area contributed by atoms with Crippen molar-refractivity contribution in [3.63, 3.8) is 0 Å². The largest absolute Gasteiger partial charge is 0.480 e. The Labute approximate surface area is 203 Å². The number of fused-ring (bicyclic) bond motifs is 1. The van der Waals surface area contributed by atoms with Gasteiger partial charge in [0.25, 0.3) is 0 Å². The maximum atomic E-state index is 11.8. The minimum atomic E-state index is -0.732. The summed E-state index contributed by atoms with van der Waals surface area (Å²) in [6.45, 7) is 0. The molecule has 1 aliphatic rings. The van der Waals surface area contributed by atoms with Gasteiger partial charge in [-0.15, -0.1) is 11.8 Å². The maximum absolute atomic E-state index is 11.8. The third kappa shape index (κ3) is 3.71. The fourth-order valence-corrected chi connectivity index (χ4v) is 5.93. The van der Waals surface area contributed by atoms with Gasteiger partial charge in [-0.3, -0.25) is 4.79 Å². The number of rotatable bonds is 5. The standard InChI is InChI=1S/C23H23BrN6O2S/c1-33-23(22(31)32)9-7-14(8-10-23)19-18(24)20(25)30-21(28-19)17(12-27-30)15-11-26-29(13-15)16-5-3-2-4-6-16/h2-6,11-14H,7-10,25H2,1H3,(H,31,32). The van der Waals surface area contributed by atoms with Crippen molar-refractivity contribution >= 4 is 45.1 Å². The van der Waals surface area contributed by atoms with E-state index >= 15 is 0 Å². The number of thioether (sulfide) groups is 1. The Morgan fingerprint density at radius 2 is 1.94 bits per heavy atom. The second kappa shape index (κ2) is 8.49. The van der Waals surface area contributed by atoms with Crippen molar-refractivity contribution in [2.75, 3.05) is 12.0 Å². The normalized spacial score (nSPS) is 20.8. The van der Waals surface area contributed by atoms with Gasteiger partial charge in [-0.05, 0) is 60.0 Å². The molecule has 0 atom stereocenters. The van der Waals surface area contributed by atoms with Crippen molar-refractivity contribution < 1.29 is 9.90 Å². The first-order valence-corrected chi connectivity index (χ1v) is 12.7. The zero-order valence-electron chi connectivity index (χ0n) is 18.0. The van der Waals surface area contributed by atoms with Crippen molar-refractivity contribution in [3.05, 3.63) is 59.1 Å². The first kappa shape index (κ1) is 22.0. The predicted molar refractivity (Wildman–Crippen MR) is 133 cm³/mol. The maximum Gasteiger partial charge on any atom is 0.319 e. The highest BCUT2D eigenvalue weighted by molar-refractivity contribution is 9.10. The Bertz CT molecular complexity index is 1330. The third-order valence-corrected chi connectivity index (χ3v) is 8.70. The molecule has 1 fully saturated rings. The molecule has 0 amide bonds. The number of para-hydroxylation sites is 1. The number of aliphatic carboxylic acids is 1. The lowest BCUT2D eigenvalue weighted by Crippen LogP contribution is -2.38. The fraction of sp³-hybridized carbons (Fsp3) is 0.304. The molecule has 3 N–H and O–H groups in total. The van der Waals surface area contributed by atoms with Crippen LogP contribution >= 0.6 is 27.7 Å². The average molecular weight is 527 g/mol. The minimum Gasteiger partial charge on any atom is -0.480 e. The first-order valence-electron chi connectivity index (χ1n) is 10.6. The summed E-state index contributed by atoms with van der Waals surface area (Å²) in [7, 11) is 0. The molecule has 0 aliphatic heterocycles. The molecule has 3 aromatic heterocycles. The summed E-state index contributed by atoms with van der Waals surface area (Å²) in [5.74, 6) is -0.123. The van der Waals surface area contributed by atoms with E-state index in [2.05, 4.69) is 26.1 Å². The van der Waals surface area contributed by atoms with E-state index in [0.29, 0.717) is 24.3 Å². The second-order valence-corrected chi connectivity index (χ2v) is 10.3. The number of aromatic nitrogens is 5. The van der Waals surface area contributed by atoms with Crippen molar-refractivity contribution in [3.8, 4) is 16.8 Å². The number of carboxylic acids is 1. The molecule has 5 rings (SSSR count). The van der Waals surface area contributed by atoms with Crippen LogP contribution in [0.3, 0.4) is 0 Å². The van der Waals surface area contributed by atoms with E-state index in [1.54, 1.807) is 16.9 Å². The molecule has 33 heavy (non-hydrogen) atoms. The summed E-state index contributed by atoms with van der Waals surface area (Å²) in [5.41, 5.74) is 10.7. The molecule has 0 bridgehead atoms. The van der Waals surface area contributed by atoms with Crippen molar-refractivity contribution in [1.82, 2.24) is 24.4 Å². The Balaban J connectivity index is 1.52. The molecule has 10 heteroatoms. The van der Waals surface area contributed by atoms with Crippen LogP contribution in [0.5, 0.6) is 0 Å². The van der Waals surface area contributed by atoms with Crippen molar-refractivity contribution in [1.29, 1.82) is 0 Å². The number of carboxylic acid groups (broad SMARTS) is 1. The number of nitrogens with two attached hydrogens (primary N) is 1. The molecule has 4 aromatic rings. The van der Waals surface area contributed by atoms with Crippen molar-refractivity contribution in [2.45, 2.75) is 36.3 Å². The van der Waals surface area contributed by atoms with E-state index in [9.17, 15) is 9.90 Å². The van der Waals surface area contributed by atoms with Crippen LogP contribution in [-0.2, 0) is 4.79 Å². The number of benzene rings is 1. The number of halogens is 1. The number of carbonyl (C=O) groups is 1. The third-order valence-electron chi connectivity index (χ3n) is 6.52. The lowest BCUT2D eigenvalue weighted by molar-refractivity contribution is -0.140. The highest BCUT2D eigenvalue weighted by atomic mass is 79.9. The number of nitrogens with zero attached hydrogens (tertiary/aromatic N) is 5. The molecular formula is C23H23BrN6O2S. The summed E-state index contributed by atoms with van der Waals surface area (Å²) in [6.07, 6.45) is 10.1. The van der Waals surface area contributed by atoms with Crippen LogP contribution in [0.25, 0.3) is 22.5 Å². The van der Waals surface area contributed by atoms with E-state index in [1.807, 2.05) is 47.5 Å². The molecule has 1 aromatic carbocycles. The SMILES string of the molecule is CSC1(C(=O)O)CCC(c2nc3c(-c4cnn(-c5ccccc5)c4)cnn3c(N)c2Br)CC1. The van der Waals surface area contributed by atoms with E-state index in [0.717, 1.165) is 39.8 Å². The number of hydrogen-bond donors (Lipinski definition) is 2. The lowest BCUT2D eigenvalue weighted by Gasteiger charge is -2.35. The number of anilines is 1. The monoisotopic (exact) mass is 526 g/mol. The highest BCUT2D eigenvalue weighted by Crippen LogP contribution is 2.46. The topological polar surface area (TPSA) is 111 Å². The number of hydrogen-bond acceptors (Lipinski definition) is 6. The summed E-state index contributed by atoms with van der Waals surface area (Å²) >= 11 is 5.06. The van der Waals surface area contributed by atoms with Gasteiger partial charge >= 0.3 is 5.97 Å². The van der Waals surface area contributed by atoms with Gasteiger partial charge < -0.3 is 10.8 Å². The smallest absolute Gasteiger partial charge is 0.319 e.